The molecule has 6 heteroatoms. The number of carbonyl (C=O) groups is 2. The van der Waals surface area contributed by atoms with E-state index in [1.54, 1.807) is 45.0 Å². The molecule has 0 bridgehead atoms. The summed E-state index contributed by atoms with van der Waals surface area (Å²) in [7, 11) is 0. The van der Waals surface area contributed by atoms with Crippen molar-refractivity contribution >= 4 is 23.6 Å². The van der Waals surface area contributed by atoms with E-state index in [2.05, 4.69) is 10.6 Å². The van der Waals surface area contributed by atoms with Crippen LogP contribution < -0.4 is 10.6 Å². The van der Waals surface area contributed by atoms with Crippen molar-refractivity contribution in [1.29, 1.82) is 0 Å². The minimum atomic E-state index is -0.629. The van der Waals surface area contributed by atoms with E-state index in [4.69, 9.17) is 16.3 Å². The summed E-state index contributed by atoms with van der Waals surface area (Å²) in [6.45, 7) is 11.5. The predicted octanol–water partition coefficient (Wildman–Crippen LogP) is 4.01. The van der Waals surface area contributed by atoms with E-state index in [0.29, 0.717) is 10.6 Å². The van der Waals surface area contributed by atoms with Crippen molar-refractivity contribution in [3.8, 4) is 0 Å². The number of carbonyl (C=O) groups excluding carboxylic acids is 2. The van der Waals surface area contributed by atoms with Gasteiger partial charge in [0.1, 0.15) is 5.60 Å². The molecule has 0 spiro atoms. The van der Waals surface area contributed by atoms with Gasteiger partial charge in [-0.1, -0.05) is 31.5 Å². The smallest absolute Gasteiger partial charge is 0.407 e. The highest BCUT2D eigenvalue weighted by molar-refractivity contribution is 6.30. The molecule has 1 atom stereocenters. The molecule has 24 heavy (non-hydrogen) atoms. The summed E-state index contributed by atoms with van der Waals surface area (Å²) in [4.78, 5) is 24.3. The highest BCUT2D eigenvalue weighted by Crippen LogP contribution is 2.18. The van der Waals surface area contributed by atoms with Crippen molar-refractivity contribution in [1.82, 2.24) is 10.6 Å². The van der Waals surface area contributed by atoms with Crippen molar-refractivity contribution in [3.05, 3.63) is 34.9 Å². The third-order valence-corrected chi connectivity index (χ3v) is 3.99. The van der Waals surface area contributed by atoms with Gasteiger partial charge in [0, 0.05) is 17.1 Å². The van der Waals surface area contributed by atoms with Crippen LogP contribution >= 0.6 is 11.6 Å². The molecule has 0 radical (unpaired) electrons. The van der Waals surface area contributed by atoms with Gasteiger partial charge in [0.05, 0.1) is 5.54 Å². The summed E-state index contributed by atoms with van der Waals surface area (Å²) in [5.74, 6) is -0.143. The first-order chi connectivity index (χ1) is 10.9. The van der Waals surface area contributed by atoms with Gasteiger partial charge in [0.2, 0.25) is 0 Å². The quantitative estimate of drug-likeness (QED) is 0.839. The molecule has 1 aromatic carbocycles. The number of hydrogen-bond acceptors (Lipinski definition) is 3. The van der Waals surface area contributed by atoms with E-state index >= 15 is 0 Å². The van der Waals surface area contributed by atoms with Gasteiger partial charge in [-0.25, -0.2) is 4.79 Å². The first-order valence-electron chi connectivity index (χ1n) is 7.98. The maximum absolute atomic E-state index is 12.5. The fourth-order valence-electron chi connectivity index (χ4n) is 1.92. The first kappa shape index (κ1) is 20.3. The predicted molar refractivity (Wildman–Crippen MR) is 96.4 cm³/mol. The zero-order chi connectivity index (χ0) is 18.5. The zero-order valence-electron chi connectivity index (χ0n) is 15.2. The second kappa shape index (κ2) is 7.88. The summed E-state index contributed by atoms with van der Waals surface area (Å²) in [5, 5.41) is 6.21. The molecule has 5 nitrogen and oxygen atoms in total. The van der Waals surface area contributed by atoms with Crippen LogP contribution in [0.25, 0.3) is 0 Å². The van der Waals surface area contributed by atoms with Gasteiger partial charge >= 0.3 is 6.09 Å². The Morgan fingerprint density at radius 1 is 1.21 bits per heavy atom. The highest BCUT2D eigenvalue weighted by Gasteiger charge is 2.31. The summed E-state index contributed by atoms with van der Waals surface area (Å²) in [6, 6.07) is 6.75. The molecule has 0 fully saturated rings. The third-order valence-electron chi connectivity index (χ3n) is 3.76. The lowest BCUT2D eigenvalue weighted by Gasteiger charge is -2.35. The minimum absolute atomic E-state index is 0.0931. The van der Waals surface area contributed by atoms with E-state index in [9.17, 15) is 9.59 Å². The van der Waals surface area contributed by atoms with E-state index in [1.165, 1.54) is 0 Å². The zero-order valence-corrected chi connectivity index (χ0v) is 16.0. The monoisotopic (exact) mass is 354 g/mol. The van der Waals surface area contributed by atoms with Gasteiger partial charge in [-0.05, 0) is 51.8 Å². The summed E-state index contributed by atoms with van der Waals surface area (Å²) in [6.07, 6.45) is -0.508. The lowest BCUT2D eigenvalue weighted by atomic mass is 9.88. The van der Waals surface area contributed by atoms with Crippen LogP contribution in [-0.2, 0) is 4.74 Å². The number of halogens is 1. The number of nitrogens with one attached hydrogen (secondary N) is 2. The Morgan fingerprint density at radius 2 is 1.83 bits per heavy atom. The third kappa shape index (κ3) is 6.40. The molecule has 134 valence electrons. The van der Waals surface area contributed by atoms with Crippen LogP contribution in [0.4, 0.5) is 4.79 Å². The van der Waals surface area contributed by atoms with E-state index in [0.717, 1.165) is 0 Å². The Labute approximate surface area is 149 Å². The number of hydrogen-bond donors (Lipinski definition) is 2. The second-order valence-corrected chi connectivity index (χ2v) is 7.83. The maximum atomic E-state index is 12.5. The molecular formula is C18H27ClN2O3. The van der Waals surface area contributed by atoms with Gasteiger partial charge in [-0.2, -0.15) is 0 Å². The standard InChI is InChI=1S/C18H27ClN2O3/c1-12(2)18(6,11-20-16(23)24-17(3,4)5)21-15(22)13-8-7-9-14(19)10-13/h7-10,12H,11H2,1-6H3,(H,20,23)(H,21,22). The number of rotatable bonds is 5. The van der Waals surface area contributed by atoms with Crippen molar-refractivity contribution in [2.75, 3.05) is 6.54 Å². The SMILES string of the molecule is CC(C)C(C)(CNC(=O)OC(C)(C)C)NC(=O)c1cccc(Cl)c1. The second-order valence-electron chi connectivity index (χ2n) is 7.39. The van der Waals surface area contributed by atoms with Gasteiger partial charge in [-0.3, -0.25) is 4.79 Å². The Morgan fingerprint density at radius 3 is 2.33 bits per heavy atom. The molecule has 2 amide bonds. The van der Waals surface area contributed by atoms with Crippen LogP contribution in [0.3, 0.4) is 0 Å². The normalized spacial score (nSPS) is 14.0. The van der Waals surface area contributed by atoms with Crippen LogP contribution in [0.2, 0.25) is 5.02 Å². The van der Waals surface area contributed by atoms with Crippen molar-refractivity contribution in [2.45, 2.75) is 52.7 Å². The van der Waals surface area contributed by atoms with Crippen LogP contribution in [0.1, 0.15) is 51.9 Å². The number of benzene rings is 1. The van der Waals surface area contributed by atoms with Crippen LogP contribution in [0, 0.1) is 5.92 Å². The lowest BCUT2D eigenvalue weighted by molar-refractivity contribution is 0.0497. The largest absolute Gasteiger partial charge is 0.444 e. The fraction of sp³-hybridized carbons (Fsp3) is 0.556. The van der Waals surface area contributed by atoms with E-state index in [-0.39, 0.29) is 18.4 Å². The number of ether oxygens (including phenoxy) is 1. The molecule has 0 aliphatic carbocycles. The molecule has 1 unspecified atom stereocenters. The van der Waals surface area contributed by atoms with Crippen molar-refractivity contribution < 1.29 is 14.3 Å². The van der Waals surface area contributed by atoms with E-state index < -0.39 is 17.2 Å². The first-order valence-corrected chi connectivity index (χ1v) is 8.36. The average molecular weight is 355 g/mol. The Bertz CT molecular complexity index is 596. The summed E-state index contributed by atoms with van der Waals surface area (Å²) >= 11 is 5.93. The molecule has 0 heterocycles. The molecule has 1 rings (SSSR count). The van der Waals surface area contributed by atoms with Gasteiger partial charge in [0.15, 0.2) is 0 Å². The number of alkyl carbamates (subject to hydrolysis) is 1. The molecule has 0 aliphatic rings. The maximum Gasteiger partial charge on any atom is 0.407 e. The van der Waals surface area contributed by atoms with Crippen LogP contribution in [0.5, 0.6) is 0 Å². The summed E-state index contributed by atoms with van der Waals surface area (Å²) < 4.78 is 5.24. The molecular weight excluding hydrogens is 328 g/mol. The van der Waals surface area contributed by atoms with Crippen molar-refractivity contribution in [3.63, 3.8) is 0 Å². The molecule has 0 aromatic heterocycles. The number of amides is 2. The molecule has 0 saturated carbocycles. The fourth-order valence-corrected chi connectivity index (χ4v) is 2.11. The van der Waals surface area contributed by atoms with Crippen molar-refractivity contribution in [2.24, 2.45) is 5.92 Å². The molecule has 1 aromatic rings. The Balaban J connectivity index is 2.77. The Hall–Kier alpha value is -1.75. The molecule has 0 saturated heterocycles. The van der Waals surface area contributed by atoms with Gasteiger partial charge < -0.3 is 15.4 Å². The Kier molecular flexibility index (Phi) is 6.67. The molecule has 2 N–H and O–H groups in total. The topological polar surface area (TPSA) is 67.4 Å². The molecule has 0 aliphatic heterocycles. The van der Waals surface area contributed by atoms with Gasteiger partial charge in [-0.15, -0.1) is 0 Å². The van der Waals surface area contributed by atoms with Crippen LogP contribution in [0.15, 0.2) is 24.3 Å². The van der Waals surface area contributed by atoms with E-state index in [1.807, 2.05) is 20.8 Å². The van der Waals surface area contributed by atoms with Crippen LogP contribution in [-0.4, -0.2) is 29.7 Å². The highest BCUT2D eigenvalue weighted by atomic mass is 35.5. The van der Waals surface area contributed by atoms with Gasteiger partial charge in [0.25, 0.3) is 5.91 Å². The summed E-state index contributed by atoms with van der Waals surface area (Å²) in [5.41, 5.74) is -0.717. The minimum Gasteiger partial charge on any atom is -0.444 e. The average Bonchev–Trinajstić information content (AvgIpc) is 2.43. The lowest BCUT2D eigenvalue weighted by Crippen LogP contribution is -2.57.